The first kappa shape index (κ1) is 22.8. The highest BCUT2D eigenvalue weighted by Gasteiger charge is 2.21. The lowest BCUT2D eigenvalue weighted by Crippen LogP contribution is -2.36. The topological polar surface area (TPSA) is 56.3 Å². The van der Waals surface area contributed by atoms with Crippen molar-refractivity contribution in [3.05, 3.63) is 42.0 Å². The fraction of sp³-hybridized carbons (Fsp3) is 0.560. The van der Waals surface area contributed by atoms with Crippen molar-refractivity contribution in [2.45, 2.75) is 58.4 Å². The lowest BCUT2D eigenvalue weighted by Gasteiger charge is -2.33. The van der Waals surface area contributed by atoms with Gasteiger partial charge in [-0.3, -0.25) is 0 Å². The minimum absolute atomic E-state index is 0.104. The first-order valence-electron chi connectivity index (χ1n) is 12.1. The summed E-state index contributed by atoms with van der Waals surface area (Å²) in [5.41, 5.74) is 1.19. The Hall–Kier alpha value is -2.41. The molecule has 3 heterocycles. The van der Waals surface area contributed by atoms with Gasteiger partial charge in [0.15, 0.2) is 5.11 Å². The van der Waals surface area contributed by atoms with Crippen LogP contribution in [0.5, 0.6) is 0 Å². The number of benzene rings is 1. The van der Waals surface area contributed by atoms with E-state index in [1.54, 1.807) is 0 Å². The maximum absolute atomic E-state index is 5.62. The lowest BCUT2D eigenvalue weighted by molar-refractivity contribution is 0.444. The van der Waals surface area contributed by atoms with E-state index in [0.29, 0.717) is 17.0 Å². The Morgan fingerprint density at radius 3 is 2.31 bits per heavy atom. The molecule has 2 saturated heterocycles. The van der Waals surface area contributed by atoms with Gasteiger partial charge in [0.1, 0.15) is 11.6 Å². The van der Waals surface area contributed by atoms with E-state index in [9.17, 15) is 0 Å². The summed E-state index contributed by atoms with van der Waals surface area (Å²) in [4.78, 5) is 14.6. The van der Waals surface area contributed by atoms with Crippen molar-refractivity contribution in [2.24, 2.45) is 5.92 Å². The van der Waals surface area contributed by atoms with Crippen LogP contribution < -0.4 is 20.4 Å². The Labute approximate surface area is 197 Å². The highest BCUT2D eigenvalue weighted by atomic mass is 32.1. The van der Waals surface area contributed by atoms with Gasteiger partial charge in [-0.1, -0.05) is 50.1 Å². The second kappa shape index (κ2) is 10.9. The summed E-state index contributed by atoms with van der Waals surface area (Å²) in [6.45, 7) is 8.64. The van der Waals surface area contributed by atoms with Crippen molar-refractivity contribution in [1.82, 2.24) is 15.3 Å². The van der Waals surface area contributed by atoms with Crippen molar-refractivity contribution in [3.63, 3.8) is 0 Å². The van der Waals surface area contributed by atoms with Crippen LogP contribution in [-0.2, 0) is 0 Å². The van der Waals surface area contributed by atoms with Crippen LogP contribution in [0.4, 0.5) is 17.6 Å². The number of thiocarbonyl (C=S) groups is 1. The minimum Gasteiger partial charge on any atom is -0.356 e. The molecule has 1 aromatic heterocycles. The Morgan fingerprint density at radius 2 is 1.62 bits per heavy atom. The quantitative estimate of drug-likeness (QED) is 0.609. The number of nitrogens with one attached hydrogen (secondary N) is 2. The summed E-state index contributed by atoms with van der Waals surface area (Å²) < 4.78 is 0. The maximum Gasteiger partial charge on any atom is 0.232 e. The minimum atomic E-state index is 0.104. The molecule has 6 nitrogen and oxygen atoms in total. The number of piperidine rings is 1. The van der Waals surface area contributed by atoms with Crippen molar-refractivity contribution < 1.29 is 0 Å². The monoisotopic (exact) mass is 452 g/mol. The third-order valence-corrected chi connectivity index (χ3v) is 6.70. The molecule has 2 atom stereocenters. The molecule has 172 valence electrons. The average molecular weight is 453 g/mol. The summed E-state index contributed by atoms with van der Waals surface area (Å²) in [5, 5.41) is 7.19. The van der Waals surface area contributed by atoms with Crippen molar-refractivity contribution in [2.75, 3.05) is 41.3 Å². The zero-order valence-corrected chi connectivity index (χ0v) is 20.2. The number of aromatic nitrogens is 2. The molecular weight excluding hydrogens is 416 g/mol. The highest BCUT2D eigenvalue weighted by molar-refractivity contribution is 7.80. The molecule has 2 aromatic rings. The van der Waals surface area contributed by atoms with E-state index in [4.69, 9.17) is 22.2 Å². The van der Waals surface area contributed by atoms with E-state index >= 15 is 0 Å². The van der Waals surface area contributed by atoms with Crippen molar-refractivity contribution >= 4 is 34.9 Å². The van der Waals surface area contributed by atoms with Gasteiger partial charge in [0.05, 0.1) is 6.04 Å². The standard InChI is InChI=1S/C25H36N6S/c1-19-11-10-16-31(18-19)23-17-22(30-14-8-3-4-9-15-30)27-24(28-23)29-25(32)26-20(2)21-12-6-5-7-13-21/h5-7,12-13,17,19-20H,3-4,8-11,14-16,18H2,1-2H3,(H2,26,27,28,29,32)/t19-,20+/m1/s1. The highest BCUT2D eigenvalue weighted by Crippen LogP contribution is 2.27. The largest absolute Gasteiger partial charge is 0.356 e. The van der Waals surface area contributed by atoms with E-state index < -0.39 is 0 Å². The zero-order valence-electron chi connectivity index (χ0n) is 19.4. The van der Waals surface area contributed by atoms with Crippen LogP contribution in [-0.4, -0.2) is 41.3 Å². The smallest absolute Gasteiger partial charge is 0.232 e. The molecule has 2 aliphatic rings. The summed E-state index contributed by atoms with van der Waals surface area (Å²) in [7, 11) is 0. The summed E-state index contributed by atoms with van der Waals surface area (Å²) >= 11 is 5.62. The van der Waals surface area contributed by atoms with Crippen molar-refractivity contribution in [1.29, 1.82) is 0 Å². The molecule has 0 saturated carbocycles. The molecular formula is C25H36N6S. The van der Waals surface area contributed by atoms with Crippen LogP contribution in [0.1, 0.15) is 64.0 Å². The van der Waals surface area contributed by atoms with Crippen LogP contribution >= 0.6 is 12.2 Å². The maximum atomic E-state index is 5.62. The lowest BCUT2D eigenvalue weighted by atomic mass is 10.0. The SMILES string of the molecule is C[C@@H]1CCCN(c2cc(N3CCCCCC3)nc(NC(=S)N[C@@H](C)c3ccccc3)n2)C1. The average Bonchev–Trinajstić information content (AvgIpc) is 3.09. The third-order valence-electron chi connectivity index (χ3n) is 6.48. The molecule has 0 aliphatic carbocycles. The number of hydrogen-bond donors (Lipinski definition) is 2. The van der Waals surface area contributed by atoms with Gasteiger partial charge in [-0.2, -0.15) is 9.97 Å². The predicted octanol–water partition coefficient (Wildman–Crippen LogP) is 5.14. The molecule has 2 aliphatic heterocycles. The van der Waals surface area contributed by atoms with Crippen LogP contribution in [0.25, 0.3) is 0 Å². The van der Waals surface area contributed by atoms with Crippen LogP contribution in [0, 0.1) is 5.92 Å². The van der Waals surface area contributed by atoms with E-state index in [1.807, 2.05) is 18.2 Å². The van der Waals surface area contributed by atoms with Gasteiger partial charge in [0.25, 0.3) is 0 Å². The predicted molar refractivity (Wildman–Crippen MR) is 138 cm³/mol. The Morgan fingerprint density at radius 1 is 0.969 bits per heavy atom. The molecule has 4 rings (SSSR count). The van der Waals surface area contributed by atoms with E-state index in [2.05, 4.69) is 52.5 Å². The Kier molecular flexibility index (Phi) is 7.79. The molecule has 32 heavy (non-hydrogen) atoms. The van der Waals surface area contributed by atoms with Crippen LogP contribution in [0.15, 0.2) is 36.4 Å². The summed E-state index contributed by atoms with van der Waals surface area (Å²) in [5.74, 6) is 3.28. The number of hydrogen-bond acceptors (Lipinski definition) is 5. The molecule has 0 spiro atoms. The normalized spacial score (nSPS) is 20.4. The van der Waals surface area contributed by atoms with Crippen LogP contribution in [0.2, 0.25) is 0 Å². The first-order valence-corrected chi connectivity index (χ1v) is 12.5. The second-order valence-corrected chi connectivity index (χ2v) is 9.64. The van der Waals surface area contributed by atoms with Gasteiger partial charge in [-0.25, -0.2) is 0 Å². The molecule has 2 fully saturated rings. The van der Waals surface area contributed by atoms with Gasteiger partial charge < -0.3 is 20.4 Å². The number of anilines is 3. The number of rotatable bonds is 5. The fourth-order valence-electron chi connectivity index (χ4n) is 4.66. The molecule has 1 aromatic carbocycles. The fourth-order valence-corrected chi connectivity index (χ4v) is 4.93. The Bertz CT molecular complexity index is 861. The molecule has 0 amide bonds. The second-order valence-electron chi connectivity index (χ2n) is 9.23. The molecule has 0 unspecified atom stereocenters. The third kappa shape index (κ3) is 6.09. The number of nitrogens with zero attached hydrogens (tertiary/aromatic N) is 4. The first-order chi connectivity index (χ1) is 15.6. The van der Waals surface area contributed by atoms with Gasteiger partial charge in [-0.05, 0) is 56.3 Å². The van der Waals surface area contributed by atoms with E-state index in [0.717, 1.165) is 37.8 Å². The summed E-state index contributed by atoms with van der Waals surface area (Å²) in [6, 6.07) is 12.6. The molecule has 2 N–H and O–H groups in total. The Balaban J connectivity index is 1.53. The van der Waals surface area contributed by atoms with Gasteiger partial charge in [0, 0.05) is 32.2 Å². The van der Waals surface area contributed by atoms with Crippen molar-refractivity contribution in [3.8, 4) is 0 Å². The van der Waals surface area contributed by atoms with E-state index in [-0.39, 0.29) is 6.04 Å². The molecule has 7 heteroatoms. The van der Waals surface area contributed by atoms with Gasteiger partial charge in [-0.15, -0.1) is 0 Å². The molecule has 0 radical (unpaired) electrons. The molecule has 0 bridgehead atoms. The van der Waals surface area contributed by atoms with Crippen LogP contribution in [0.3, 0.4) is 0 Å². The van der Waals surface area contributed by atoms with Gasteiger partial charge >= 0.3 is 0 Å². The summed E-state index contributed by atoms with van der Waals surface area (Å²) in [6.07, 6.45) is 7.54. The van der Waals surface area contributed by atoms with E-state index in [1.165, 1.54) is 44.1 Å². The zero-order chi connectivity index (χ0) is 22.3. The van der Waals surface area contributed by atoms with Gasteiger partial charge in [0.2, 0.25) is 5.95 Å².